The highest BCUT2D eigenvalue weighted by molar-refractivity contribution is 5.94. The quantitative estimate of drug-likeness (QED) is 0.848. The van der Waals surface area contributed by atoms with Crippen LogP contribution in [0.25, 0.3) is 0 Å². The van der Waals surface area contributed by atoms with Crippen molar-refractivity contribution >= 4 is 5.91 Å². The third-order valence-corrected chi connectivity index (χ3v) is 3.27. The maximum Gasteiger partial charge on any atom is 0.251 e. The molecule has 0 aliphatic carbocycles. The molecule has 0 saturated heterocycles. The molecular weight excluding hydrogens is 248 g/mol. The van der Waals surface area contributed by atoms with E-state index in [0.29, 0.717) is 12.1 Å². The fourth-order valence-electron chi connectivity index (χ4n) is 2.04. The smallest absolute Gasteiger partial charge is 0.251 e. The first-order chi connectivity index (χ1) is 9.63. The molecule has 2 rings (SSSR count). The van der Waals surface area contributed by atoms with E-state index >= 15 is 0 Å². The van der Waals surface area contributed by atoms with E-state index in [1.807, 2.05) is 31.5 Å². The second-order valence-electron chi connectivity index (χ2n) is 4.71. The standard InChI is InChI=1S/C17H18N2O/c1-4-15-6-7-16(10-13(15)3)17(20)18-11-14-8-9-19(5-2)12-14/h1,6-10,12H,5,11H2,2-3H3,(H,18,20). The first kappa shape index (κ1) is 14.0. The van der Waals surface area contributed by atoms with Gasteiger partial charge in [0.15, 0.2) is 0 Å². The topological polar surface area (TPSA) is 34.0 Å². The van der Waals surface area contributed by atoms with Gasteiger partial charge in [-0.2, -0.15) is 0 Å². The van der Waals surface area contributed by atoms with Gasteiger partial charge in [0.1, 0.15) is 0 Å². The Morgan fingerprint density at radius 3 is 2.80 bits per heavy atom. The minimum absolute atomic E-state index is 0.0825. The average Bonchev–Trinajstić information content (AvgIpc) is 2.92. The van der Waals surface area contributed by atoms with Crippen molar-refractivity contribution in [3.05, 3.63) is 58.9 Å². The number of nitrogens with one attached hydrogen (secondary N) is 1. The monoisotopic (exact) mass is 266 g/mol. The van der Waals surface area contributed by atoms with Gasteiger partial charge in [0, 0.05) is 36.6 Å². The Morgan fingerprint density at radius 1 is 1.40 bits per heavy atom. The number of carbonyl (C=O) groups is 1. The van der Waals surface area contributed by atoms with Crippen LogP contribution in [0.1, 0.15) is 34.0 Å². The molecular formula is C17H18N2O. The molecule has 0 atom stereocenters. The zero-order chi connectivity index (χ0) is 14.5. The summed E-state index contributed by atoms with van der Waals surface area (Å²) in [5.74, 6) is 2.51. The number of hydrogen-bond acceptors (Lipinski definition) is 1. The molecule has 20 heavy (non-hydrogen) atoms. The predicted octanol–water partition coefficient (Wildman–Crippen LogP) is 2.73. The summed E-state index contributed by atoms with van der Waals surface area (Å²) in [6.07, 6.45) is 9.42. The molecule has 2 aromatic rings. The van der Waals surface area contributed by atoms with Gasteiger partial charge in [-0.25, -0.2) is 0 Å². The van der Waals surface area contributed by atoms with Crippen molar-refractivity contribution in [2.75, 3.05) is 0 Å². The van der Waals surface area contributed by atoms with Crippen LogP contribution in [0.2, 0.25) is 0 Å². The summed E-state index contributed by atoms with van der Waals surface area (Å²) in [7, 11) is 0. The third-order valence-electron chi connectivity index (χ3n) is 3.27. The van der Waals surface area contributed by atoms with Crippen LogP contribution in [-0.4, -0.2) is 10.5 Å². The van der Waals surface area contributed by atoms with E-state index in [4.69, 9.17) is 6.42 Å². The normalized spacial score (nSPS) is 10.1. The van der Waals surface area contributed by atoms with E-state index < -0.39 is 0 Å². The zero-order valence-corrected chi connectivity index (χ0v) is 11.8. The summed E-state index contributed by atoms with van der Waals surface area (Å²) in [5, 5.41) is 2.91. The molecule has 3 nitrogen and oxygen atoms in total. The number of carbonyl (C=O) groups excluding carboxylic acids is 1. The molecule has 0 radical (unpaired) electrons. The van der Waals surface area contributed by atoms with Gasteiger partial charge in [0.25, 0.3) is 5.91 Å². The molecule has 0 fully saturated rings. The van der Waals surface area contributed by atoms with Crippen molar-refractivity contribution in [3.8, 4) is 12.3 Å². The van der Waals surface area contributed by atoms with E-state index in [-0.39, 0.29) is 5.91 Å². The van der Waals surface area contributed by atoms with Crippen molar-refractivity contribution in [1.82, 2.24) is 9.88 Å². The van der Waals surface area contributed by atoms with Crippen LogP contribution in [0.15, 0.2) is 36.7 Å². The Morgan fingerprint density at radius 2 is 2.20 bits per heavy atom. The lowest BCUT2D eigenvalue weighted by atomic mass is 10.1. The lowest BCUT2D eigenvalue weighted by molar-refractivity contribution is 0.0951. The van der Waals surface area contributed by atoms with E-state index in [1.165, 1.54) is 0 Å². The van der Waals surface area contributed by atoms with Gasteiger partial charge in [0.2, 0.25) is 0 Å². The number of nitrogens with zero attached hydrogens (tertiary/aromatic N) is 1. The van der Waals surface area contributed by atoms with E-state index in [0.717, 1.165) is 23.2 Å². The van der Waals surface area contributed by atoms with Gasteiger partial charge >= 0.3 is 0 Å². The fraction of sp³-hybridized carbons (Fsp3) is 0.235. The van der Waals surface area contributed by atoms with Gasteiger partial charge < -0.3 is 9.88 Å². The van der Waals surface area contributed by atoms with Crippen molar-refractivity contribution in [2.45, 2.75) is 26.9 Å². The fourth-order valence-corrected chi connectivity index (χ4v) is 2.04. The molecule has 0 bridgehead atoms. The predicted molar refractivity (Wildman–Crippen MR) is 80.4 cm³/mol. The first-order valence-corrected chi connectivity index (χ1v) is 6.64. The number of amides is 1. The van der Waals surface area contributed by atoms with Gasteiger partial charge in [-0.1, -0.05) is 5.92 Å². The maximum atomic E-state index is 12.1. The zero-order valence-electron chi connectivity index (χ0n) is 11.8. The lowest BCUT2D eigenvalue weighted by Crippen LogP contribution is -2.22. The number of aryl methyl sites for hydroxylation is 2. The summed E-state index contributed by atoms with van der Waals surface area (Å²) < 4.78 is 2.08. The van der Waals surface area contributed by atoms with Crippen molar-refractivity contribution in [1.29, 1.82) is 0 Å². The lowest BCUT2D eigenvalue weighted by Gasteiger charge is -2.06. The average molecular weight is 266 g/mol. The van der Waals surface area contributed by atoms with Gasteiger partial charge in [-0.3, -0.25) is 4.79 Å². The van der Waals surface area contributed by atoms with Gasteiger partial charge in [0.05, 0.1) is 0 Å². The minimum Gasteiger partial charge on any atom is -0.354 e. The van der Waals surface area contributed by atoms with Crippen molar-refractivity contribution in [2.24, 2.45) is 0 Å². The van der Waals surface area contributed by atoms with Crippen LogP contribution >= 0.6 is 0 Å². The van der Waals surface area contributed by atoms with Crippen LogP contribution in [0, 0.1) is 19.3 Å². The Labute approximate surface area is 119 Å². The summed E-state index contributed by atoms with van der Waals surface area (Å²) in [6.45, 7) is 5.45. The SMILES string of the molecule is C#Cc1ccc(C(=O)NCc2ccn(CC)c2)cc1C. The van der Waals surface area contributed by atoms with Crippen LogP contribution in [0.3, 0.4) is 0 Å². The number of hydrogen-bond donors (Lipinski definition) is 1. The molecule has 0 aliphatic heterocycles. The molecule has 0 unspecified atom stereocenters. The number of rotatable bonds is 4. The van der Waals surface area contributed by atoms with Crippen LogP contribution < -0.4 is 5.32 Å². The second-order valence-corrected chi connectivity index (χ2v) is 4.71. The molecule has 1 aromatic heterocycles. The van der Waals surface area contributed by atoms with Crippen LogP contribution in [-0.2, 0) is 13.1 Å². The summed E-state index contributed by atoms with van der Waals surface area (Å²) >= 11 is 0. The molecule has 1 N–H and O–H groups in total. The Kier molecular flexibility index (Phi) is 4.27. The summed E-state index contributed by atoms with van der Waals surface area (Å²) in [5.41, 5.74) is 3.49. The number of aromatic nitrogens is 1. The Balaban J connectivity index is 2.01. The molecule has 1 heterocycles. The molecule has 0 aliphatic rings. The molecule has 3 heteroatoms. The maximum absolute atomic E-state index is 12.1. The number of terminal acetylenes is 1. The summed E-state index contributed by atoms with van der Waals surface area (Å²) in [6, 6.07) is 7.39. The second kappa shape index (κ2) is 6.12. The Hall–Kier alpha value is -2.47. The van der Waals surface area contributed by atoms with Crippen LogP contribution in [0.4, 0.5) is 0 Å². The highest BCUT2D eigenvalue weighted by atomic mass is 16.1. The largest absolute Gasteiger partial charge is 0.354 e. The molecule has 1 aromatic carbocycles. The van der Waals surface area contributed by atoms with Gasteiger partial charge in [-0.05, 0) is 49.2 Å². The molecule has 1 amide bonds. The minimum atomic E-state index is -0.0825. The van der Waals surface area contributed by atoms with Crippen LogP contribution in [0.5, 0.6) is 0 Å². The van der Waals surface area contributed by atoms with Crippen molar-refractivity contribution < 1.29 is 4.79 Å². The Bertz CT molecular complexity index is 662. The highest BCUT2D eigenvalue weighted by Crippen LogP contribution is 2.10. The molecule has 102 valence electrons. The van der Waals surface area contributed by atoms with E-state index in [2.05, 4.69) is 22.7 Å². The summed E-state index contributed by atoms with van der Waals surface area (Å²) in [4.78, 5) is 12.1. The highest BCUT2D eigenvalue weighted by Gasteiger charge is 2.07. The third kappa shape index (κ3) is 3.10. The van der Waals surface area contributed by atoms with Gasteiger partial charge in [-0.15, -0.1) is 6.42 Å². The van der Waals surface area contributed by atoms with E-state index in [1.54, 1.807) is 12.1 Å². The van der Waals surface area contributed by atoms with E-state index in [9.17, 15) is 4.79 Å². The van der Waals surface area contributed by atoms with Crippen molar-refractivity contribution in [3.63, 3.8) is 0 Å². The first-order valence-electron chi connectivity index (χ1n) is 6.64. The number of benzene rings is 1. The molecule has 0 saturated carbocycles. The molecule has 0 spiro atoms.